The van der Waals surface area contributed by atoms with Crippen LogP contribution in [0.5, 0.6) is 0 Å². The summed E-state index contributed by atoms with van der Waals surface area (Å²) in [4.78, 5) is 11.4. The Morgan fingerprint density at radius 1 is 1.14 bits per heavy atom. The molecule has 1 saturated heterocycles. The predicted molar refractivity (Wildman–Crippen MR) is 121 cm³/mol. The van der Waals surface area contributed by atoms with Crippen molar-refractivity contribution in [2.75, 3.05) is 23.3 Å². The normalized spacial score (nSPS) is 20.0. The molecule has 2 aromatic rings. The molecule has 0 saturated carbocycles. The van der Waals surface area contributed by atoms with Gasteiger partial charge in [0.15, 0.2) is 5.96 Å². The number of pyridine rings is 1. The van der Waals surface area contributed by atoms with Crippen LogP contribution < -0.4 is 16.0 Å². The van der Waals surface area contributed by atoms with E-state index in [1.807, 2.05) is 6.20 Å². The molecule has 3 rings (SSSR count). The van der Waals surface area contributed by atoms with Crippen LogP contribution >= 0.6 is 0 Å². The summed E-state index contributed by atoms with van der Waals surface area (Å²) in [7, 11) is 0. The van der Waals surface area contributed by atoms with Crippen LogP contribution in [0.1, 0.15) is 44.4 Å². The molecule has 2 atom stereocenters. The van der Waals surface area contributed by atoms with Crippen molar-refractivity contribution in [1.29, 1.82) is 0 Å². The number of nitrogens with zero attached hydrogens (tertiary/aromatic N) is 3. The van der Waals surface area contributed by atoms with Crippen LogP contribution in [0.4, 0.5) is 11.5 Å². The molecule has 1 aliphatic rings. The van der Waals surface area contributed by atoms with Crippen LogP contribution in [0.3, 0.4) is 0 Å². The number of hydrogen-bond donors (Lipinski definition) is 2. The van der Waals surface area contributed by atoms with Crippen LogP contribution in [-0.4, -0.2) is 36.2 Å². The van der Waals surface area contributed by atoms with E-state index in [1.165, 1.54) is 11.1 Å². The quantitative estimate of drug-likeness (QED) is 0.575. The lowest BCUT2D eigenvalue weighted by Crippen LogP contribution is -2.45. The fourth-order valence-corrected chi connectivity index (χ4v) is 3.81. The van der Waals surface area contributed by atoms with Gasteiger partial charge in [0.25, 0.3) is 0 Å². The van der Waals surface area contributed by atoms with E-state index in [0.717, 1.165) is 43.0 Å². The second-order valence-corrected chi connectivity index (χ2v) is 7.67. The zero-order chi connectivity index (χ0) is 20.8. The molecule has 6 heteroatoms. The van der Waals surface area contributed by atoms with Crippen molar-refractivity contribution in [3.05, 3.63) is 53.2 Å². The van der Waals surface area contributed by atoms with Gasteiger partial charge in [-0.25, -0.2) is 9.98 Å². The highest BCUT2D eigenvalue weighted by atomic mass is 16.5. The first kappa shape index (κ1) is 21.1. The van der Waals surface area contributed by atoms with Crippen molar-refractivity contribution in [1.82, 2.24) is 4.98 Å². The van der Waals surface area contributed by atoms with Crippen LogP contribution in [0.15, 0.2) is 41.5 Å². The molecule has 0 spiro atoms. The monoisotopic (exact) mass is 395 g/mol. The molecular weight excluding hydrogens is 362 g/mol. The van der Waals surface area contributed by atoms with Gasteiger partial charge in [0.05, 0.1) is 18.8 Å². The highest BCUT2D eigenvalue weighted by Gasteiger charge is 2.22. The number of hydrogen-bond acceptors (Lipinski definition) is 4. The number of anilines is 2. The summed E-state index contributed by atoms with van der Waals surface area (Å²) in [6, 6.07) is 10.5. The average Bonchev–Trinajstić information content (AvgIpc) is 2.72. The number of ether oxygens (including phenoxy) is 1. The standard InChI is InChI=1S/C23H33N5O/c1-5-19-8-7-9-20(6-2)22(19)27-23(24)26-13-18-10-11-21(25-12-18)28-14-16(3)29-17(4)15-28/h7-12,16-17H,5-6,13-15H2,1-4H3,(H3,24,26,27). The van der Waals surface area contributed by atoms with Crippen LogP contribution in [0.2, 0.25) is 0 Å². The van der Waals surface area contributed by atoms with Gasteiger partial charge in [-0.15, -0.1) is 0 Å². The summed E-state index contributed by atoms with van der Waals surface area (Å²) in [6.07, 6.45) is 4.22. The van der Waals surface area contributed by atoms with E-state index >= 15 is 0 Å². The molecule has 1 aromatic heterocycles. The van der Waals surface area contributed by atoms with Gasteiger partial charge in [0, 0.05) is 25.0 Å². The van der Waals surface area contributed by atoms with Gasteiger partial charge in [-0.2, -0.15) is 0 Å². The maximum Gasteiger partial charge on any atom is 0.193 e. The minimum atomic E-state index is 0.217. The average molecular weight is 396 g/mol. The van der Waals surface area contributed by atoms with Gasteiger partial charge in [0.1, 0.15) is 5.82 Å². The SMILES string of the molecule is CCc1cccc(CC)c1NC(N)=NCc1ccc(N2CC(C)OC(C)C2)nc1. The minimum Gasteiger partial charge on any atom is -0.372 e. The lowest BCUT2D eigenvalue weighted by molar-refractivity contribution is -0.00545. The molecule has 1 aliphatic heterocycles. The highest BCUT2D eigenvalue weighted by molar-refractivity contribution is 5.93. The van der Waals surface area contributed by atoms with Crippen molar-refractivity contribution >= 4 is 17.5 Å². The fourth-order valence-electron chi connectivity index (χ4n) is 3.81. The highest BCUT2D eigenvalue weighted by Crippen LogP contribution is 2.22. The Kier molecular flexibility index (Phi) is 7.09. The molecule has 156 valence electrons. The van der Waals surface area contributed by atoms with E-state index in [9.17, 15) is 0 Å². The number of aromatic nitrogens is 1. The van der Waals surface area contributed by atoms with Gasteiger partial charge in [-0.3, -0.25) is 0 Å². The molecule has 2 heterocycles. The lowest BCUT2D eigenvalue weighted by atomic mass is 10.0. The summed E-state index contributed by atoms with van der Waals surface area (Å²) in [5.74, 6) is 1.41. The Morgan fingerprint density at radius 3 is 2.34 bits per heavy atom. The van der Waals surface area contributed by atoms with Crippen molar-refractivity contribution in [3.8, 4) is 0 Å². The molecule has 29 heavy (non-hydrogen) atoms. The second kappa shape index (κ2) is 9.74. The summed E-state index contributed by atoms with van der Waals surface area (Å²) < 4.78 is 5.80. The molecule has 2 unspecified atom stereocenters. The van der Waals surface area contributed by atoms with E-state index in [-0.39, 0.29) is 12.2 Å². The van der Waals surface area contributed by atoms with E-state index in [2.05, 4.69) is 78.2 Å². The third-order valence-corrected chi connectivity index (χ3v) is 5.24. The van der Waals surface area contributed by atoms with Crippen molar-refractivity contribution in [2.24, 2.45) is 10.7 Å². The van der Waals surface area contributed by atoms with Crippen molar-refractivity contribution in [2.45, 2.75) is 59.3 Å². The zero-order valence-electron chi connectivity index (χ0n) is 18.0. The second-order valence-electron chi connectivity index (χ2n) is 7.67. The number of morpholine rings is 1. The van der Waals surface area contributed by atoms with E-state index in [1.54, 1.807) is 0 Å². The summed E-state index contributed by atoms with van der Waals surface area (Å²) >= 11 is 0. The first-order chi connectivity index (χ1) is 14.0. The minimum absolute atomic E-state index is 0.217. The number of guanidine groups is 1. The largest absolute Gasteiger partial charge is 0.372 e. The number of para-hydroxylation sites is 1. The molecule has 1 aromatic carbocycles. The number of aliphatic imine (C=N–C) groups is 1. The Bertz CT molecular complexity index is 801. The van der Waals surface area contributed by atoms with E-state index in [4.69, 9.17) is 10.5 Å². The molecule has 0 radical (unpaired) electrons. The number of nitrogens with one attached hydrogen (secondary N) is 1. The zero-order valence-corrected chi connectivity index (χ0v) is 18.0. The van der Waals surface area contributed by atoms with Gasteiger partial charge >= 0.3 is 0 Å². The van der Waals surface area contributed by atoms with E-state index < -0.39 is 0 Å². The molecule has 1 fully saturated rings. The Morgan fingerprint density at radius 2 is 1.79 bits per heavy atom. The van der Waals surface area contributed by atoms with Crippen LogP contribution in [-0.2, 0) is 24.1 Å². The van der Waals surface area contributed by atoms with E-state index in [0.29, 0.717) is 12.5 Å². The van der Waals surface area contributed by atoms with Gasteiger partial charge in [-0.05, 0) is 49.4 Å². The van der Waals surface area contributed by atoms with Gasteiger partial charge < -0.3 is 20.7 Å². The molecule has 3 N–H and O–H groups in total. The number of aryl methyl sites for hydroxylation is 2. The summed E-state index contributed by atoms with van der Waals surface area (Å²) in [6.45, 7) is 10.7. The Labute approximate surface area is 174 Å². The van der Waals surface area contributed by atoms with Crippen molar-refractivity contribution in [3.63, 3.8) is 0 Å². The third kappa shape index (κ3) is 5.48. The van der Waals surface area contributed by atoms with Crippen LogP contribution in [0.25, 0.3) is 0 Å². The number of benzene rings is 1. The smallest absolute Gasteiger partial charge is 0.193 e. The first-order valence-electron chi connectivity index (χ1n) is 10.5. The first-order valence-corrected chi connectivity index (χ1v) is 10.5. The van der Waals surface area contributed by atoms with Crippen LogP contribution in [0, 0.1) is 0 Å². The topological polar surface area (TPSA) is 75.8 Å². The molecule has 0 aliphatic carbocycles. The van der Waals surface area contributed by atoms with Crippen molar-refractivity contribution < 1.29 is 4.74 Å². The van der Waals surface area contributed by atoms with Gasteiger partial charge in [0.2, 0.25) is 0 Å². The predicted octanol–water partition coefficient (Wildman–Crippen LogP) is 3.75. The third-order valence-electron chi connectivity index (χ3n) is 5.24. The molecule has 0 bridgehead atoms. The number of rotatable bonds is 6. The lowest BCUT2D eigenvalue weighted by Gasteiger charge is -2.36. The molecular formula is C23H33N5O. The Hall–Kier alpha value is -2.60. The molecule has 6 nitrogen and oxygen atoms in total. The summed E-state index contributed by atoms with van der Waals surface area (Å²) in [5.41, 5.74) is 10.8. The maximum atomic E-state index is 6.17. The summed E-state index contributed by atoms with van der Waals surface area (Å²) in [5, 5.41) is 3.31. The molecule has 0 amide bonds. The van der Waals surface area contributed by atoms with Gasteiger partial charge in [-0.1, -0.05) is 38.1 Å². The Balaban J connectivity index is 1.64. The fraction of sp³-hybridized carbons (Fsp3) is 0.478. The number of nitrogens with two attached hydrogens (primary N) is 1. The maximum absolute atomic E-state index is 6.17.